The van der Waals surface area contributed by atoms with Crippen molar-refractivity contribution in [1.82, 2.24) is 10.6 Å². The molecule has 0 spiro atoms. The molecule has 4 fully saturated rings. The molecule has 3 heterocycles. The molecular weight excluding hydrogens is 314 g/mol. The summed E-state index contributed by atoms with van der Waals surface area (Å²) < 4.78 is 0. The van der Waals surface area contributed by atoms with E-state index in [0.717, 1.165) is 18.5 Å². The Morgan fingerprint density at radius 1 is 1.24 bits per heavy atom. The third-order valence-corrected chi connectivity index (χ3v) is 7.23. The minimum absolute atomic E-state index is 0.0202. The van der Waals surface area contributed by atoms with Crippen LogP contribution in [0, 0.1) is 23.7 Å². The van der Waals surface area contributed by atoms with Crippen LogP contribution in [0.3, 0.4) is 0 Å². The Kier molecular flexibility index (Phi) is 2.72. The molecule has 3 aliphatic carbocycles. The molecule has 128 valence electrons. The van der Waals surface area contributed by atoms with Crippen molar-refractivity contribution >= 4 is 17.9 Å². The van der Waals surface area contributed by atoms with Gasteiger partial charge in [0.15, 0.2) is 0 Å². The van der Waals surface area contributed by atoms with E-state index in [1.165, 1.54) is 16.7 Å². The van der Waals surface area contributed by atoms with Crippen molar-refractivity contribution < 1.29 is 9.59 Å². The van der Waals surface area contributed by atoms with Crippen LogP contribution in [0.4, 0.5) is 0 Å². The van der Waals surface area contributed by atoms with Gasteiger partial charge in [-0.1, -0.05) is 6.08 Å². The van der Waals surface area contributed by atoms with E-state index >= 15 is 0 Å². The second kappa shape index (κ2) is 4.79. The number of Topliss-reactive ketones (excluding diaryl/α,β-unsaturated/α-hetero) is 1. The van der Waals surface area contributed by atoms with Crippen LogP contribution in [0.15, 0.2) is 39.6 Å². The van der Waals surface area contributed by atoms with E-state index in [1.807, 2.05) is 6.21 Å². The average molecular weight is 335 g/mol. The standard InChI is InChI=1S/C20H21N3O2/c24-10-2-4-14-12(7-10)16-17-13(8-22-20(17)25)15-11(19(16)23-14)3-1-9-5-6-21-18(9)15/h3,5-6,12-14,16-17,19,23H,1-2,4,7-8H2,(H,22,25). The molecule has 0 aromatic carbocycles. The molecule has 6 rings (SSSR count). The lowest BCUT2D eigenvalue weighted by Crippen LogP contribution is -2.46. The van der Waals surface area contributed by atoms with Gasteiger partial charge in [0.05, 0.1) is 11.6 Å². The number of hydrogen-bond donors (Lipinski definition) is 2. The van der Waals surface area contributed by atoms with Crippen LogP contribution in [0.5, 0.6) is 0 Å². The fourth-order valence-electron chi connectivity index (χ4n) is 6.29. The Morgan fingerprint density at radius 3 is 3.08 bits per heavy atom. The summed E-state index contributed by atoms with van der Waals surface area (Å²) in [7, 11) is 0. The van der Waals surface area contributed by atoms with E-state index in [9.17, 15) is 9.59 Å². The van der Waals surface area contributed by atoms with Crippen molar-refractivity contribution in [2.24, 2.45) is 28.7 Å². The molecule has 0 bridgehead atoms. The molecule has 0 radical (unpaired) electrons. The zero-order chi connectivity index (χ0) is 16.7. The smallest absolute Gasteiger partial charge is 0.224 e. The Balaban J connectivity index is 1.52. The summed E-state index contributed by atoms with van der Waals surface area (Å²) in [4.78, 5) is 29.5. The average Bonchev–Trinajstić information content (AvgIpc) is 3.30. The van der Waals surface area contributed by atoms with Crippen LogP contribution < -0.4 is 10.6 Å². The summed E-state index contributed by atoms with van der Waals surface area (Å²) in [6, 6.07) is 0.571. The van der Waals surface area contributed by atoms with Gasteiger partial charge in [0.2, 0.25) is 5.91 Å². The molecule has 1 amide bonds. The number of aliphatic imine (C=N–C) groups is 1. The van der Waals surface area contributed by atoms with Gasteiger partial charge in [0.1, 0.15) is 5.78 Å². The van der Waals surface area contributed by atoms with Gasteiger partial charge < -0.3 is 10.6 Å². The van der Waals surface area contributed by atoms with Gasteiger partial charge in [-0.15, -0.1) is 0 Å². The van der Waals surface area contributed by atoms with Crippen LogP contribution >= 0.6 is 0 Å². The van der Waals surface area contributed by atoms with Gasteiger partial charge in [0.25, 0.3) is 0 Å². The largest absolute Gasteiger partial charge is 0.355 e. The molecule has 6 atom stereocenters. The summed E-state index contributed by atoms with van der Waals surface area (Å²) in [6.07, 6.45) is 9.49. The monoisotopic (exact) mass is 335 g/mol. The van der Waals surface area contributed by atoms with Crippen molar-refractivity contribution in [3.8, 4) is 0 Å². The number of ketones is 1. The number of hydrogen-bond acceptors (Lipinski definition) is 4. The number of allylic oxidation sites excluding steroid dienone is 3. The van der Waals surface area contributed by atoms with Crippen molar-refractivity contribution in [3.05, 3.63) is 34.6 Å². The number of nitrogens with one attached hydrogen (secondary N) is 2. The molecule has 3 aliphatic heterocycles. The van der Waals surface area contributed by atoms with Gasteiger partial charge in [-0.25, -0.2) is 0 Å². The van der Waals surface area contributed by atoms with E-state index in [0.29, 0.717) is 37.1 Å². The first-order valence-corrected chi connectivity index (χ1v) is 9.46. The Morgan fingerprint density at radius 2 is 2.16 bits per heavy atom. The zero-order valence-corrected chi connectivity index (χ0v) is 14.0. The first-order chi connectivity index (χ1) is 12.2. The molecule has 2 N–H and O–H groups in total. The third kappa shape index (κ3) is 1.74. The van der Waals surface area contributed by atoms with Crippen LogP contribution in [-0.2, 0) is 9.59 Å². The van der Waals surface area contributed by atoms with Gasteiger partial charge in [-0.05, 0) is 47.5 Å². The second-order valence-electron chi connectivity index (χ2n) is 8.25. The normalized spacial score (nSPS) is 43.7. The maximum Gasteiger partial charge on any atom is 0.224 e. The predicted octanol–water partition coefficient (Wildman–Crippen LogP) is 1.28. The predicted molar refractivity (Wildman–Crippen MR) is 92.8 cm³/mol. The number of fused-ring (bicyclic) bond motifs is 9. The SMILES string of the molecule is O=C1CCC2NC3C4=CCC5=CC=NC5=C4C4CNC(=O)C4C3C2C1. The minimum Gasteiger partial charge on any atom is -0.355 e. The fraction of sp³-hybridized carbons (Fsp3) is 0.550. The van der Waals surface area contributed by atoms with E-state index < -0.39 is 0 Å². The second-order valence-corrected chi connectivity index (χ2v) is 8.25. The lowest BCUT2D eigenvalue weighted by molar-refractivity contribution is -0.127. The first-order valence-electron chi connectivity index (χ1n) is 9.46. The number of amides is 1. The molecule has 6 aliphatic rings. The number of nitrogens with zero attached hydrogens (tertiary/aromatic N) is 1. The Bertz CT molecular complexity index is 834. The van der Waals surface area contributed by atoms with Gasteiger partial charge in [0, 0.05) is 43.6 Å². The molecule has 5 nitrogen and oxygen atoms in total. The lowest BCUT2D eigenvalue weighted by atomic mass is 9.60. The highest BCUT2D eigenvalue weighted by atomic mass is 16.2. The maximum absolute atomic E-state index is 12.8. The number of carbonyl (C=O) groups is 2. The number of carbonyl (C=O) groups excluding carboxylic acids is 2. The van der Waals surface area contributed by atoms with Gasteiger partial charge >= 0.3 is 0 Å². The first kappa shape index (κ1) is 14.2. The van der Waals surface area contributed by atoms with Crippen molar-refractivity contribution in [2.75, 3.05) is 6.54 Å². The molecule has 5 heteroatoms. The molecule has 0 aromatic rings. The molecule has 25 heavy (non-hydrogen) atoms. The number of rotatable bonds is 0. The molecule has 2 saturated heterocycles. The van der Waals surface area contributed by atoms with Crippen LogP contribution in [-0.4, -0.2) is 36.5 Å². The van der Waals surface area contributed by atoms with Crippen LogP contribution in [0.25, 0.3) is 0 Å². The molecule has 2 saturated carbocycles. The van der Waals surface area contributed by atoms with Crippen molar-refractivity contribution in [2.45, 2.75) is 37.8 Å². The van der Waals surface area contributed by atoms with Crippen molar-refractivity contribution in [3.63, 3.8) is 0 Å². The van der Waals surface area contributed by atoms with Gasteiger partial charge in [-0.3, -0.25) is 14.6 Å². The fourth-order valence-corrected chi connectivity index (χ4v) is 6.29. The molecular formula is C20H21N3O2. The molecule has 6 unspecified atom stereocenters. The Labute approximate surface area is 146 Å². The van der Waals surface area contributed by atoms with Crippen LogP contribution in [0.1, 0.15) is 25.7 Å². The highest BCUT2D eigenvalue weighted by molar-refractivity contribution is 5.86. The summed E-state index contributed by atoms with van der Waals surface area (Å²) in [5.74, 6) is 1.27. The van der Waals surface area contributed by atoms with Crippen molar-refractivity contribution in [1.29, 1.82) is 0 Å². The van der Waals surface area contributed by atoms with Gasteiger partial charge in [-0.2, -0.15) is 0 Å². The lowest BCUT2D eigenvalue weighted by Gasteiger charge is -2.42. The van der Waals surface area contributed by atoms with E-state index in [1.54, 1.807) is 0 Å². The topological polar surface area (TPSA) is 70.6 Å². The zero-order valence-electron chi connectivity index (χ0n) is 14.0. The van der Waals surface area contributed by atoms with E-state index in [2.05, 4.69) is 27.8 Å². The molecule has 0 aromatic heterocycles. The van der Waals surface area contributed by atoms with E-state index in [4.69, 9.17) is 0 Å². The quantitative estimate of drug-likeness (QED) is 0.701. The summed E-state index contributed by atoms with van der Waals surface area (Å²) in [5.41, 5.74) is 5.03. The highest BCUT2D eigenvalue weighted by Crippen LogP contribution is 2.55. The Hall–Kier alpha value is -2.01. The van der Waals surface area contributed by atoms with E-state index in [-0.39, 0.29) is 29.7 Å². The maximum atomic E-state index is 12.8. The van der Waals surface area contributed by atoms with Crippen LogP contribution in [0.2, 0.25) is 0 Å². The minimum atomic E-state index is -0.0202. The highest BCUT2D eigenvalue weighted by Gasteiger charge is 2.59. The summed E-state index contributed by atoms with van der Waals surface area (Å²) in [6.45, 7) is 0.705. The summed E-state index contributed by atoms with van der Waals surface area (Å²) in [5, 5.41) is 6.93. The summed E-state index contributed by atoms with van der Waals surface area (Å²) >= 11 is 0. The third-order valence-electron chi connectivity index (χ3n) is 7.23.